The molecule has 7 nitrogen and oxygen atoms in total. The number of sulfonamides is 2. The summed E-state index contributed by atoms with van der Waals surface area (Å²) in [5, 5.41) is 0. The van der Waals surface area contributed by atoms with Crippen LogP contribution >= 0.6 is 0 Å². The maximum Gasteiger partial charge on any atom is 0.241 e. The molecule has 0 aliphatic carbocycles. The maximum absolute atomic E-state index is 12.5. The molecule has 2 N–H and O–H groups in total. The molecule has 0 spiro atoms. The van der Waals surface area contributed by atoms with Crippen molar-refractivity contribution in [2.75, 3.05) is 12.3 Å². The fourth-order valence-electron chi connectivity index (χ4n) is 2.64. The molecule has 2 rings (SSSR count). The number of hydrogen-bond donors (Lipinski definition) is 2. The van der Waals surface area contributed by atoms with Gasteiger partial charge < -0.3 is 4.42 Å². The fourth-order valence-corrected chi connectivity index (χ4v) is 5.13. The average Bonchev–Trinajstić information content (AvgIpc) is 2.96. The van der Waals surface area contributed by atoms with Gasteiger partial charge in [0.05, 0.1) is 23.5 Å². The molecule has 0 amide bonds. The lowest BCUT2D eigenvalue weighted by atomic mass is 10.1. The number of hydrogen-bond acceptors (Lipinski definition) is 5. The highest BCUT2D eigenvalue weighted by Crippen LogP contribution is 2.21. The van der Waals surface area contributed by atoms with Crippen LogP contribution in [-0.4, -0.2) is 29.1 Å². The third kappa shape index (κ3) is 5.40. The molecule has 138 valence electrons. The predicted molar refractivity (Wildman–Crippen MR) is 95.2 cm³/mol. The molecule has 0 fully saturated rings. The molecule has 0 saturated carbocycles. The third-order valence-corrected chi connectivity index (χ3v) is 6.67. The van der Waals surface area contributed by atoms with Crippen LogP contribution < -0.4 is 9.44 Å². The van der Waals surface area contributed by atoms with E-state index >= 15 is 0 Å². The Labute approximate surface area is 148 Å². The summed E-state index contributed by atoms with van der Waals surface area (Å²) in [6, 6.07) is 6.87. The van der Waals surface area contributed by atoms with E-state index in [2.05, 4.69) is 9.44 Å². The van der Waals surface area contributed by atoms with E-state index in [1.807, 2.05) is 6.92 Å². The molecule has 0 aliphatic heterocycles. The number of furan rings is 1. The van der Waals surface area contributed by atoms with Crippen LogP contribution in [0, 0.1) is 20.8 Å². The molecular formula is C16H22N2O5S2. The van der Waals surface area contributed by atoms with E-state index in [1.54, 1.807) is 38.1 Å². The van der Waals surface area contributed by atoms with Gasteiger partial charge in [0.25, 0.3) is 0 Å². The predicted octanol–water partition coefficient (Wildman–Crippen LogP) is 1.60. The van der Waals surface area contributed by atoms with Gasteiger partial charge in [0.15, 0.2) is 0 Å². The molecule has 0 bridgehead atoms. The third-order valence-electron chi connectivity index (χ3n) is 3.58. The molecule has 1 aromatic carbocycles. The summed E-state index contributed by atoms with van der Waals surface area (Å²) in [5.41, 5.74) is 2.23. The average molecular weight is 386 g/mol. The molecule has 0 aliphatic rings. The Morgan fingerprint density at radius 3 is 2.20 bits per heavy atom. The van der Waals surface area contributed by atoms with Gasteiger partial charge in [-0.25, -0.2) is 26.3 Å². The normalized spacial score (nSPS) is 12.4. The summed E-state index contributed by atoms with van der Waals surface area (Å²) in [6.07, 6.45) is 1.45. The van der Waals surface area contributed by atoms with Crippen molar-refractivity contribution in [3.8, 4) is 0 Å². The van der Waals surface area contributed by atoms with Crippen molar-refractivity contribution in [1.29, 1.82) is 0 Å². The van der Waals surface area contributed by atoms with E-state index in [9.17, 15) is 16.8 Å². The second kappa shape index (κ2) is 7.69. The first kappa shape index (κ1) is 19.6. The summed E-state index contributed by atoms with van der Waals surface area (Å²) in [5.74, 6) is 0.117. The van der Waals surface area contributed by atoms with Gasteiger partial charge in [-0.3, -0.25) is 0 Å². The van der Waals surface area contributed by atoms with E-state index < -0.39 is 20.0 Å². The van der Waals surface area contributed by atoms with E-state index in [1.165, 1.54) is 6.26 Å². The van der Waals surface area contributed by atoms with E-state index in [-0.39, 0.29) is 23.7 Å². The Balaban J connectivity index is 1.98. The molecular weight excluding hydrogens is 364 g/mol. The first-order valence-electron chi connectivity index (χ1n) is 7.68. The van der Waals surface area contributed by atoms with Crippen LogP contribution in [0.5, 0.6) is 0 Å². The Hall–Kier alpha value is -1.68. The van der Waals surface area contributed by atoms with Gasteiger partial charge in [-0.15, -0.1) is 0 Å². The molecule has 0 saturated heterocycles. The molecule has 1 aromatic heterocycles. The lowest BCUT2D eigenvalue weighted by molar-refractivity contribution is 0.498. The van der Waals surface area contributed by atoms with E-state index in [4.69, 9.17) is 4.42 Å². The number of rotatable bonds is 8. The minimum Gasteiger partial charge on any atom is -0.468 e. The number of aryl methyl sites for hydroxylation is 3. The van der Waals surface area contributed by atoms with Crippen LogP contribution in [0.15, 0.2) is 39.8 Å². The Morgan fingerprint density at radius 1 is 1.00 bits per heavy atom. The standard InChI is InChI=1S/C16H22N2O5S2/c1-12-9-13(2)16(14(3)10-12)25(21,22)17-6-8-24(19,20)18-11-15-5-4-7-23-15/h4-5,7,9-10,17-18H,6,8,11H2,1-3H3. The monoisotopic (exact) mass is 386 g/mol. The van der Waals surface area contributed by atoms with Gasteiger partial charge in [-0.05, 0) is 44.0 Å². The maximum atomic E-state index is 12.5. The molecule has 0 unspecified atom stereocenters. The number of nitrogens with one attached hydrogen (secondary N) is 2. The van der Waals surface area contributed by atoms with Crippen LogP contribution in [-0.2, 0) is 26.6 Å². The molecule has 1 heterocycles. The zero-order chi connectivity index (χ0) is 18.7. The van der Waals surface area contributed by atoms with Crippen molar-refractivity contribution in [2.45, 2.75) is 32.2 Å². The lowest BCUT2D eigenvalue weighted by Gasteiger charge is -2.13. The first-order valence-corrected chi connectivity index (χ1v) is 10.8. The van der Waals surface area contributed by atoms with Crippen molar-refractivity contribution in [3.63, 3.8) is 0 Å². The minimum atomic E-state index is -3.78. The van der Waals surface area contributed by atoms with Crippen LogP contribution in [0.3, 0.4) is 0 Å². The van der Waals surface area contributed by atoms with E-state index in [0.29, 0.717) is 16.9 Å². The van der Waals surface area contributed by atoms with Crippen LogP contribution in [0.2, 0.25) is 0 Å². The second-order valence-corrected chi connectivity index (χ2v) is 9.48. The second-order valence-electron chi connectivity index (χ2n) is 5.84. The zero-order valence-electron chi connectivity index (χ0n) is 14.4. The summed E-state index contributed by atoms with van der Waals surface area (Å²) in [7, 11) is -7.41. The van der Waals surface area contributed by atoms with Crippen molar-refractivity contribution in [2.24, 2.45) is 0 Å². The van der Waals surface area contributed by atoms with E-state index in [0.717, 1.165) is 5.56 Å². The Kier molecular flexibility index (Phi) is 6.04. The number of benzene rings is 1. The highest BCUT2D eigenvalue weighted by Gasteiger charge is 2.20. The Morgan fingerprint density at radius 2 is 1.64 bits per heavy atom. The fraction of sp³-hybridized carbons (Fsp3) is 0.375. The topological polar surface area (TPSA) is 105 Å². The largest absolute Gasteiger partial charge is 0.468 e. The van der Waals surface area contributed by atoms with Crippen LogP contribution in [0.1, 0.15) is 22.5 Å². The van der Waals surface area contributed by atoms with Gasteiger partial charge in [-0.1, -0.05) is 17.7 Å². The Bertz CT molecular complexity index is 910. The minimum absolute atomic E-state index is 0.0261. The van der Waals surface area contributed by atoms with Gasteiger partial charge in [0, 0.05) is 6.54 Å². The molecule has 2 aromatic rings. The van der Waals surface area contributed by atoms with Crippen molar-refractivity contribution in [1.82, 2.24) is 9.44 Å². The van der Waals surface area contributed by atoms with Crippen LogP contribution in [0.25, 0.3) is 0 Å². The van der Waals surface area contributed by atoms with Crippen LogP contribution in [0.4, 0.5) is 0 Å². The molecule has 0 radical (unpaired) electrons. The van der Waals surface area contributed by atoms with Gasteiger partial charge in [0.1, 0.15) is 5.76 Å². The summed E-state index contributed by atoms with van der Waals surface area (Å²) in [4.78, 5) is 0.194. The van der Waals surface area contributed by atoms with Gasteiger partial charge in [-0.2, -0.15) is 0 Å². The highest BCUT2D eigenvalue weighted by atomic mass is 32.2. The van der Waals surface area contributed by atoms with Crippen molar-refractivity contribution in [3.05, 3.63) is 53.0 Å². The summed E-state index contributed by atoms with van der Waals surface area (Å²) in [6.45, 7) is 5.13. The smallest absolute Gasteiger partial charge is 0.241 e. The van der Waals surface area contributed by atoms with Crippen molar-refractivity contribution >= 4 is 20.0 Å². The van der Waals surface area contributed by atoms with Crippen molar-refractivity contribution < 1.29 is 21.3 Å². The SMILES string of the molecule is Cc1cc(C)c(S(=O)(=O)NCCS(=O)(=O)NCc2ccco2)c(C)c1. The zero-order valence-corrected chi connectivity index (χ0v) is 16.0. The molecule has 0 atom stereocenters. The van der Waals surface area contributed by atoms with Gasteiger partial charge in [0.2, 0.25) is 20.0 Å². The molecule has 9 heteroatoms. The highest BCUT2D eigenvalue weighted by molar-refractivity contribution is 7.90. The lowest BCUT2D eigenvalue weighted by Crippen LogP contribution is -2.34. The first-order chi connectivity index (χ1) is 11.6. The quantitative estimate of drug-likeness (QED) is 0.717. The van der Waals surface area contributed by atoms with Gasteiger partial charge >= 0.3 is 0 Å². The summed E-state index contributed by atoms with van der Waals surface area (Å²) >= 11 is 0. The molecule has 25 heavy (non-hydrogen) atoms. The summed E-state index contributed by atoms with van der Waals surface area (Å²) < 4.78 is 58.6.